The van der Waals surface area contributed by atoms with Crippen molar-refractivity contribution < 1.29 is 14.4 Å². The lowest BCUT2D eigenvalue weighted by molar-refractivity contribution is -0.116. The summed E-state index contributed by atoms with van der Waals surface area (Å²) in [4.78, 5) is 45.8. The molecule has 0 spiro atoms. The van der Waals surface area contributed by atoms with Crippen molar-refractivity contribution >= 4 is 69.3 Å². The second-order valence-corrected chi connectivity index (χ2v) is 14.6. The van der Waals surface area contributed by atoms with Crippen molar-refractivity contribution in [1.82, 2.24) is 10.3 Å². The molecule has 0 aliphatic rings. The van der Waals surface area contributed by atoms with Crippen molar-refractivity contribution in [3.05, 3.63) is 172 Å². The lowest BCUT2D eigenvalue weighted by atomic mass is 10.0. The number of hydrogen-bond acceptors (Lipinski definition) is 6. The molecule has 1 atom stereocenters. The number of benzene rings is 5. The number of nitrogens with one attached hydrogen (secondary N) is 3. The van der Waals surface area contributed by atoms with Crippen LogP contribution in [-0.4, -0.2) is 22.7 Å². The Morgan fingerprint density at radius 3 is 2.06 bits per heavy atom. The molecule has 6 rings (SSSR count). The maximum absolute atomic E-state index is 13.7. The lowest BCUT2D eigenvalue weighted by Gasteiger charge is -2.17. The largest absolute Gasteiger partial charge is 0.321 e. The first-order valence-corrected chi connectivity index (χ1v) is 18.7. The van der Waals surface area contributed by atoms with Crippen LogP contribution >= 0.6 is 34.7 Å². The molecule has 1 unspecified atom stereocenters. The molecule has 3 amide bonds. The monoisotopic (exact) mass is 742 g/mol. The van der Waals surface area contributed by atoms with Gasteiger partial charge in [-0.1, -0.05) is 110 Å². The first-order valence-electron chi connectivity index (χ1n) is 16.6. The molecular formula is C42H35ClN4O3S2. The van der Waals surface area contributed by atoms with Crippen LogP contribution in [0.1, 0.15) is 52.1 Å². The normalized spacial score (nSPS) is 11.9. The number of nitrogens with zero attached hydrogens (tertiary/aromatic N) is 1. The van der Waals surface area contributed by atoms with Crippen molar-refractivity contribution in [2.24, 2.45) is 0 Å². The van der Waals surface area contributed by atoms with Crippen molar-refractivity contribution in [3.63, 3.8) is 0 Å². The van der Waals surface area contributed by atoms with Crippen LogP contribution in [0, 0.1) is 0 Å². The van der Waals surface area contributed by atoms with Crippen LogP contribution in [0.4, 0.5) is 10.8 Å². The Labute approximate surface area is 316 Å². The molecule has 0 bridgehead atoms. The third-order valence-corrected chi connectivity index (χ3v) is 10.3. The number of carbonyl (C=O) groups is 3. The molecule has 0 saturated carbocycles. The zero-order valence-corrected chi connectivity index (χ0v) is 30.8. The van der Waals surface area contributed by atoms with Gasteiger partial charge in [-0.15, -0.1) is 23.1 Å². The molecule has 260 valence electrons. The number of halogens is 1. The molecule has 0 aliphatic heterocycles. The summed E-state index contributed by atoms with van der Waals surface area (Å²) in [5.41, 5.74) is 5.51. The Bertz CT molecular complexity index is 2170. The van der Waals surface area contributed by atoms with E-state index in [0.717, 1.165) is 27.3 Å². The average molecular weight is 743 g/mol. The SMILES string of the molecule is CC(C)c1ccc(/C=C(\NC(=O)c2ccccc2)C(=O)Nc2ccc(SC(C(=O)Nc3nc(-c4ccc(Cl)cc4)cs3)c3ccccc3)cc2)cc1. The highest BCUT2D eigenvalue weighted by molar-refractivity contribution is 8.00. The Morgan fingerprint density at radius 1 is 0.750 bits per heavy atom. The molecule has 7 nitrogen and oxygen atoms in total. The van der Waals surface area contributed by atoms with Crippen molar-refractivity contribution in [1.29, 1.82) is 0 Å². The van der Waals surface area contributed by atoms with E-state index >= 15 is 0 Å². The number of thiazole rings is 1. The second-order valence-electron chi connectivity index (χ2n) is 12.1. The predicted octanol–water partition coefficient (Wildman–Crippen LogP) is 10.5. The summed E-state index contributed by atoms with van der Waals surface area (Å²) in [6.45, 7) is 4.23. The minimum Gasteiger partial charge on any atom is -0.321 e. The number of hydrogen-bond donors (Lipinski definition) is 3. The summed E-state index contributed by atoms with van der Waals surface area (Å²) < 4.78 is 0. The van der Waals surface area contributed by atoms with Gasteiger partial charge < -0.3 is 16.0 Å². The Kier molecular flexibility index (Phi) is 12.0. The molecule has 0 aliphatic carbocycles. The van der Waals surface area contributed by atoms with E-state index in [1.165, 1.54) is 28.7 Å². The highest BCUT2D eigenvalue weighted by Crippen LogP contribution is 2.37. The fraction of sp³-hybridized carbons (Fsp3) is 0.0952. The zero-order chi connectivity index (χ0) is 36.5. The van der Waals surface area contributed by atoms with Gasteiger partial charge in [0.05, 0.1) is 5.69 Å². The van der Waals surface area contributed by atoms with Gasteiger partial charge in [0.15, 0.2) is 5.13 Å². The van der Waals surface area contributed by atoms with Crippen LogP contribution in [0.25, 0.3) is 17.3 Å². The summed E-state index contributed by atoms with van der Waals surface area (Å²) in [6.07, 6.45) is 1.66. The molecule has 0 fully saturated rings. The van der Waals surface area contributed by atoms with E-state index in [2.05, 4.69) is 34.8 Å². The fourth-order valence-electron chi connectivity index (χ4n) is 5.19. The lowest BCUT2D eigenvalue weighted by Crippen LogP contribution is -2.30. The highest BCUT2D eigenvalue weighted by atomic mass is 35.5. The first kappa shape index (κ1) is 36.3. The minimum absolute atomic E-state index is 0.104. The van der Waals surface area contributed by atoms with Gasteiger partial charge in [-0.3, -0.25) is 14.4 Å². The Morgan fingerprint density at radius 2 is 1.40 bits per heavy atom. The molecule has 10 heteroatoms. The van der Waals surface area contributed by atoms with Crippen LogP contribution in [-0.2, 0) is 9.59 Å². The van der Waals surface area contributed by atoms with Crippen LogP contribution in [0.5, 0.6) is 0 Å². The number of amides is 3. The van der Waals surface area contributed by atoms with E-state index in [4.69, 9.17) is 11.6 Å². The van der Waals surface area contributed by atoms with Crippen molar-refractivity contribution in [3.8, 4) is 11.3 Å². The summed E-state index contributed by atoms with van der Waals surface area (Å²) in [5.74, 6) is -0.711. The van der Waals surface area contributed by atoms with Crippen molar-refractivity contribution in [2.75, 3.05) is 10.6 Å². The zero-order valence-electron chi connectivity index (χ0n) is 28.4. The topological polar surface area (TPSA) is 100 Å². The van der Waals surface area contributed by atoms with E-state index in [9.17, 15) is 14.4 Å². The number of aromatic nitrogens is 1. The summed E-state index contributed by atoms with van der Waals surface area (Å²) in [6, 6.07) is 40.8. The van der Waals surface area contributed by atoms with E-state index in [-0.39, 0.29) is 11.6 Å². The second kappa shape index (κ2) is 17.2. The molecule has 1 heterocycles. The van der Waals surface area contributed by atoms with E-state index in [0.29, 0.717) is 27.3 Å². The fourth-order valence-corrected chi connectivity index (χ4v) is 7.07. The highest BCUT2D eigenvalue weighted by Gasteiger charge is 2.24. The Hall–Kier alpha value is -5.48. The van der Waals surface area contributed by atoms with Crippen LogP contribution < -0.4 is 16.0 Å². The van der Waals surface area contributed by atoms with Gasteiger partial charge in [0, 0.05) is 32.1 Å². The summed E-state index contributed by atoms with van der Waals surface area (Å²) >= 11 is 8.78. The number of thioether (sulfide) groups is 1. The third kappa shape index (κ3) is 9.64. The molecule has 6 aromatic rings. The van der Waals surface area contributed by atoms with Gasteiger partial charge >= 0.3 is 0 Å². The van der Waals surface area contributed by atoms with Gasteiger partial charge in [0.25, 0.3) is 11.8 Å². The van der Waals surface area contributed by atoms with Gasteiger partial charge in [-0.2, -0.15) is 0 Å². The number of anilines is 2. The minimum atomic E-state index is -0.575. The predicted molar refractivity (Wildman–Crippen MR) is 214 cm³/mol. The van der Waals surface area contributed by atoms with Gasteiger partial charge in [0.2, 0.25) is 5.91 Å². The number of rotatable bonds is 12. The van der Waals surface area contributed by atoms with E-state index < -0.39 is 17.1 Å². The van der Waals surface area contributed by atoms with Gasteiger partial charge in [0.1, 0.15) is 10.9 Å². The number of carbonyl (C=O) groups excluding carboxylic acids is 3. The molecule has 1 aromatic heterocycles. The Balaban J connectivity index is 1.17. The van der Waals surface area contributed by atoms with Crippen molar-refractivity contribution in [2.45, 2.75) is 29.9 Å². The van der Waals surface area contributed by atoms with Crippen LogP contribution in [0.3, 0.4) is 0 Å². The maximum atomic E-state index is 13.7. The van der Waals surface area contributed by atoms with E-state index in [1.54, 1.807) is 54.6 Å². The molecule has 3 N–H and O–H groups in total. The van der Waals surface area contributed by atoms with Gasteiger partial charge in [-0.05, 0) is 77.2 Å². The van der Waals surface area contributed by atoms with Gasteiger partial charge in [-0.25, -0.2) is 4.98 Å². The molecule has 0 radical (unpaired) electrons. The first-order chi connectivity index (χ1) is 25.2. The average Bonchev–Trinajstić information content (AvgIpc) is 3.63. The summed E-state index contributed by atoms with van der Waals surface area (Å²) in [7, 11) is 0. The smallest absolute Gasteiger partial charge is 0.272 e. The standard InChI is InChI=1S/C42H35ClN4O3S2/c1-27(2)29-15-13-28(14-16-29)25-36(45-39(48)32-11-7-4-8-12-32)40(49)44-34-21-23-35(24-22-34)52-38(31-9-5-3-6-10-31)41(50)47-42-46-37(26-51-42)30-17-19-33(43)20-18-30/h3-27,38H,1-2H3,(H,44,49)(H,45,48)(H,46,47,50)/b36-25-. The molecular weight excluding hydrogens is 708 g/mol. The quantitative estimate of drug-likeness (QED) is 0.0856. The molecule has 52 heavy (non-hydrogen) atoms. The molecule has 5 aromatic carbocycles. The van der Waals surface area contributed by atoms with Crippen LogP contribution in [0.15, 0.2) is 149 Å². The molecule has 0 saturated heterocycles. The van der Waals surface area contributed by atoms with Crippen LogP contribution in [0.2, 0.25) is 5.02 Å². The summed E-state index contributed by atoms with van der Waals surface area (Å²) in [5, 5.41) is 11.2. The van der Waals surface area contributed by atoms with E-state index in [1.807, 2.05) is 90.3 Å². The maximum Gasteiger partial charge on any atom is 0.272 e. The third-order valence-electron chi connectivity index (χ3n) is 8.02.